The molecule has 3 amide bonds. The zero-order valence-corrected chi connectivity index (χ0v) is 17.8. The van der Waals surface area contributed by atoms with Crippen LogP contribution in [0.5, 0.6) is 0 Å². The Hall–Kier alpha value is -3.76. The second kappa shape index (κ2) is 8.94. The van der Waals surface area contributed by atoms with E-state index in [4.69, 9.17) is 5.73 Å². The summed E-state index contributed by atoms with van der Waals surface area (Å²) in [6.45, 7) is 5.13. The molecule has 0 saturated carbocycles. The van der Waals surface area contributed by atoms with Gasteiger partial charge in [-0.15, -0.1) is 0 Å². The number of hydrogen-bond acceptors (Lipinski definition) is 5. The van der Waals surface area contributed by atoms with E-state index in [1.807, 2.05) is 0 Å². The molecule has 1 aromatic heterocycles. The SMILES string of the molecule is Cn1ncc(NC(=O)[C@@](Cc2ccccc2)(NC(=O)O)C(NC(=O)O)C(C)(C)C)c1N. The normalized spacial score (nSPS) is 14.2. The molecular formula is C20H28N6O5. The van der Waals surface area contributed by atoms with Crippen LogP contribution in [0.15, 0.2) is 36.5 Å². The summed E-state index contributed by atoms with van der Waals surface area (Å²) >= 11 is 0. The van der Waals surface area contributed by atoms with E-state index in [9.17, 15) is 24.6 Å². The monoisotopic (exact) mass is 432 g/mol. The Morgan fingerprint density at radius 3 is 2.19 bits per heavy atom. The van der Waals surface area contributed by atoms with Crippen molar-refractivity contribution in [2.45, 2.75) is 38.8 Å². The highest BCUT2D eigenvalue weighted by molar-refractivity contribution is 6.02. The van der Waals surface area contributed by atoms with Gasteiger partial charge in [-0.3, -0.25) is 9.48 Å². The molecule has 0 radical (unpaired) electrons. The number of aryl methyl sites for hydroxylation is 1. The molecule has 11 heteroatoms. The van der Waals surface area contributed by atoms with Gasteiger partial charge in [0.2, 0.25) is 0 Å². The third kappa shape index (κ3) is 5.44. The second-order valence-electron chi connectivity index (χ2n) is 8.33. The lowest BCUT2D eigenvalue weighted by atomic mass is 9.70. The molecule has 2 atom stereocenters. The molecule has 0 bridgehead atoms. The van der Waals surface area contributed by atoms with E-state index >= 15 is 0 Å². The highest BCUT2D eigenvalue weighted by Gasteiger charge is 2.52. The van der Waals surface area contributed by atoms with E-state index in [0.717, 1.165) is 0 Å². The number of nitrogens with two attached hydrogens (primary N) is 1. The number of hydrogen-bond donors (Lipinski definition) is 6. The van der Waals surface area contributed by atoms with E-state index in [1.54, 1.807) is 58.2 Å². The third-order valence-electron chi connectivity index (χ3n) is 4.92. The van der Waals surface area contributed by atoms with Crippen LogP contribution < -0.4 is 21.7 Å². The van der Waals surface area contributed by atoms with E-state index in [-0.39, 0.29) is 17.9 Å². The molecular weight excluding hydrogens is 404 g/mol. The molecule has 31 heavy (non-hydrogen) atoms. The summed E-state index contributed by atoms with van der Waals surface area (Å²) in [5.41, 5.74) is 3.98. The van der Waals surface area contributed by atoms with Gasteiger partial charge in [0.15, 0.2) is 0 Å². The molecule has 1 aromatic carbocycles. The lowest BCUT2D eigenvalue weighted by molar-refractivity contribution is -0.124. The Bertz CT molecular complexity index is 953. The molecule has 0 aliphatic carbocycles. The van der Waals surface area contributed by atoms with Crippen LogP contribution in [-0.4, -0.2) is 49.7 Å². The minimum atomic E-state index is -1.91. The first kappa shape index (κ1) is 23.5. The number of rotatable bonds is 7. The fraction of sp³-hybridized carbons (Fsp3) is 0.400. The van der Waals surface area contributed by atoms with Crippen LogP contribution in [0.3, 0.4) is 0 Å². The van der Waals surface area contributed by atoms with Crippen LogP contribution in [-0.2, 0) is 18.3 Å². The number of nitrogens with one attached hydrogen (secondary N) is 3. The lowest BCUT2D eigenvalue weighted by Crippen LogP contribution is -2.72. The second-order valence-corrected chi connectivity index (χ2v) is 8.33. The molecule has 168 valence electrons. The zero-order valence-electron chi connectivity index (χ0n) is 17.8. The number of benzene rings is 1. The topological polar surface area (TPSA) is 172 Å². The first-order valence-electron chi connectivity index (χ1n) is 9.50. The Morgan fingerprint density at radius 1 is 1.13 bits per heavy atom. The minimum Gasteiger partial charge on any atom is -0.465 e. The number of nitrogen functional groups attached to an aromatic ring is 1. The zero-order chi connectivity index (χ0) is 23.4. The number of nitrogens with zero attached hydrogens (tertiary/aromatic N) is 2. The van der Waals surface area contributed by atoms with Crippen LogP contribution >= 0.6 is 0 Å². The first-order valence-corrected chi connectivity index (χ1v) is 9.50. The van der Waals surface area contributed by atoms with Crippen molar-refractivity contribution in [2.75, 3.05) is 11.1 Å². The van der Waals surface area contributed by atoms with Crippen molar-refractivity contribution < 1.29 is 24.6 Å². The van der Waals surface area contributed by atoms with Gasteiger partial charge in [0.1, 0.15) is 17.0 Å². The Kier molecular flexibility index (Phi) is 6.78. The summed E-state index contributed by atoms with van der Waals surface area (Å²) in [6.07, 6.45) is -1.66. The lowest BCUT2D eigenvalue weighted by Gasteiger charge is -2.45. The van der Waals surface area contributed by atoms with Crippen LogP contribution in [0, 0.1) is 5.41 Å². The van der Waals surface area contributed by atoms with Gasteiger partial charge in [-0.1, -0.05) is 51.1 Å². The summed E-state index contributed by atoms with van der Waals surface area (Å²) in [4.78, 5) is 37.1. The minimum absolute atomic E-state index is 0.117. The molecule has 2 aromatic rings. The first-order chi connectivity index (χ1) is 14.4. The van der Waals surface area contributed by atoms with Gasteiger partial charge < -0.3 is 31.9 Å². The Labute approximate surface area is 179 Å². The number of amides is 3. The standard InChI is InChI=1S/C20H28N6O5/c1-19(2,3)15(24-17(28)29)20(25-18(30)31,10-12-8-6-5-7-9-12)16(27)23-13-11-22-26(4)14(13)21/h5-9,11,15,24-25H,10,21H2,1-4H3,(H,23,27)(H,28,29)(H,30,31)/t15?,20-/m0/s1. The number of aromatic nitrogens is 2. The predicted octanol–water partition coefficient (Wildman–Crippen LogP) is 1.87. The van der Waals surface area contributed by atoms with Gasteiger partial charge in [-0.2, -0.15) is 5.10 Å². The smallest absolute Gasteiger partial charge is 0.405 e. The van der Waals surface area contributed by atoms with Crippen molar-refractivity contribution in [2.24, 2.45) is 12.5 Å². The maximum Gasteiger partial charge on any atom is 0.405 e. The molecule has 0 aliphatic heterocycles. The quantitative estimate of drug-likeness (QED) is 0.387. The van der Waals surface area contributed by atoms with Gasteiger partial charge in [-0.05, 0) is 11.0 Å². The molecule has 2 rings (SSSR count). The van der Waals surface area contributed by atoms with Gasteiger partial charge in [0.25, 0.3) is 5.91 Å². The van der Waals surface area contributed by atoms with E-state index in [2.05, 4.69) is 21.0 Å². The molecule has 0 spiro atoms. The van der Waals surface area contributed by atoms with E-state index in [1.165, 1.54) is 10.9 Å². The number of carbonyl (C=O) groups excluding carboxylic acids is 1. The molecule has 0 fully saturated rings. The fourth-order valence-electron chi connectivity index (χ4n) is 3.57. The molecule has 11 nitrogen and oxygen atoms in total. The fourth-order valence-corrected chi connectivity index (χ4v) is 3.57. The van der Waals surface area contributed by atoms with Crippen molar-refractivity contribution in [3.63, 3.8) is 0 Å². The predicted molar refractivity (Wildman–Crippen MR) is 115 cm³/mol. The van der Waals surface area contributed by atoms with Crippen molar-refractivity contribution in [1.29, 1.82) is 0 Å². The summed E-state index contributed by atoms with van der Waals surface area (Å²) < 4.78 is 1.34. The molecule has 0 aliphatic rings. The van der Waals surface area contributed by atoms with Crippen molar-refractivity contribution in [1.82, 2.24) is 20.4 Å². The number of carbonyl (C=O) groups is 3. The molecule has 0 saturated heterocycles. The Balaban J connectivity index is 2.67. The average molecular weight is 432 g/mol. The van der Waals surface area contributed by atoms with E-state index in [0.29, 0.717) is 5.56 Å². The maximum atomic E-state index is 13.6. The van der Waals surface area contributed by atoms with Crippen LogP contribution in [0.25, 0.3) is 0 Å². The average Bonchev–Trinajstić information content (AvgIpc) is 2.97. The number of anilines is 2. The van der Waals surface area contributed by atoms with Crippen molar-refractivity contribution in [3.8, 4) is 0 Å². The highest BCUT2D eigenvalue weighted by atomic mass is 16.4. The van der Waals surface area contributed by atoms with Gasteiger partial charge >= 0.3 is 12.2 Å². The summed E-state index contributed by atoms with van der Waals surface area (Å²) in [5.74, 6) is -0.608. The highest BCUT2D eigenvalue weighted by Crippen LogP contribution is 2.33. The summed E-state index contributed by atoms with van der Waals surface area (Å²) in [7, 11) is 1.58. The third-order valence-corrected chi connectivity index (χ3v) is 4.92. The van der Waals surface area contributed by atoms with Gasteiger partial charge in [-0.25, -0.2) is 9.59 Å². The van der Waals surface area contributed by atoms with Crippen LogP contribution in [0.4, 0.5) is 21.1 Å². The maximum absolute atomic E-state index is 13.6. The molecule has 1 unspecified atom stereocenters. The van der Waals surface area contributed by atoms with Gasteiger partial charge in [0, 0.05) is 13.5 Å². The van der Waals surface area contributed by atoms with Crippen LogP contribution in [0.2, 0.25) is 0 Å². The number of carboxylic acid groups (broad SMARTS) is 2. The summed E-state index contributed by atoms with van der Waals surface area (Å²) in [5, 5.41) is 30.4. The van der Waals surface area contributed by atoms with Crippen molar-refractivity contribution in [3.05, 3.63) is 42.1 Å². The largest absolute Gasteiger partial charge is 0.465 e. The van der Waals surface area contributed by atoms with Crippen LogP contribution in [0.1, 0.15) is 26.3 Å². The summed E-state index contributed by atoms with van der Waals surface area (Å²) in [6, 6.07) is 7.58. The molecule has 7 N–H and O–H groups in total. The Morgan fingerprint density at radius 2 is 1.74 bits per heavy atom. The molecule has 1 heterocycles. The van der Waals surface area contributed by atoms with Crippen molar-refractivity contribution >= 4 is 29.6 Å². The van der Waals surface area contributed by atoms with Gasteiger partial charge in [0.05, 0.1) is 12.2 Å². The van der Waals surface area contributed by atoms with E-state index < -0.39 is 35.1 Å².